The van der Waals surface area contributed by atoms with E-state index in [2.05, 4.69) is 14.2 Å². The fourth-order valence-corrected chi connectivity index (χ4v) is 5.09. The van der Waals surface area contributed by atoms with Gasteiger partial charge in [-0.2, -0.15) is 8.42 Å². The number of aromatic hydroxyl groups is 1. The zero-order chi connectivity index (χ0) is 20.8. The molecule has 0 bridgehead atoms. The zero-order valence-electron chi connectivity index (χ0n) is 15.5. The fourth-order valence-electron chi connectivity index (χ4n) is 3.20. The van der Waals surface area contributed by atoms with Gasteiger partial charge in [0.1, 0.15) is 18.0 Å². The van der Waals surface area contributed by atoms with Crippen LogP contribution in [0.15, 0.2) is 60.8 Å². The first kappa shape index (κ1) is 19.4. The molecular formula is C20H18N3O4PS. The molecule has 7 nitrogen and oxygen atoms in total. The molecule has 9 heteroatoms. The Labute approximate surface area is 171 Å². The molecule has 3 aromatic rings. The number of anilines is 1. The van der Waals surface area contributed by atoms with E-state index in [-0.39, 0.29) is 18.0 Å². The van der Waals surface area contributed by atoms with Crippen LogP contribution in [0.5, 0.6) is 5.75 Å². The number of phenols is 1. The van der Waals surface area contributed by atoms with Crippen LogP contribution in [0.25, 0.3) is 22.4 Å². The van der Waals surface area contributed by atoms with Crippen molar-refractivity contribution >= 4 is 36.3 Å². The molecule has 0 saturated carbocycles. The third-order valence-electron chi connectivity index (χ3n) is 4.79. The lowest BCUT2D eigenvalue weighted by atomic mass is 10.0. The smallest absolute Gasteiger partial charge is 0.329 e. The number of carbonyl (C=O) groups is 1. The molecule has 1 atom stereocenters. The average molecular weight is 427 g/mol. The van der Waals surface area contributed by atoms with Gasteiger partial charge >= 0.3 is 10.2 Å². The van der Waals surface area contributed by atoms with Crippen molar-refractivity contribution in [3.8, 4) is 28.1 Å². The van der Waals surface area contributed by atoms with Crippen LogP contribution >= 0.6 is 9.24 Å². The van der Waals surface area contributed by atoms with Crippen LogP contribution in [0, 0.1) is 0 Å². The minimum Gasteiger partial charge on any atom is -0.506 e. The van der Waals surface area contributed by atoms with Crippen molar-refractivity contribution in [2.45, 2.75) is 0 Å². The Balaban J connectivity index is 1.70. The van der Waals surface area contributed by atoms with E-state index in [1.54, 1.807) is 12.3 Å². The summed E-state index contributed by atoms with van der Waals surface area (Å²) in [4.78, 5) is 16.3. The van der Waals surface area contributed by atoms with Crippen LogP contribution in [-0.2, 0) is 15.0 Å². The first-order chi connectivity index (χ1) is 13.8. The highest BCUT2D eigenvalue weighted by molar-refractivity contribution is 7.91. The molecule has 2 heterocycles. The van der Waals surface area contributed by atoms with Gasteiger partial charge in [0, 0.05) is 24.4 Å². The van der Waals surface area contributed by atoms with E-state index < -0.39 is 16.1 Å². The van der Waals surface area contributed by atoms with Crippen LogP contribution in [0.1, 0.15) is 0 Å². The summed E-state index contributed by atoms with van der Waals surface area (Å²) < 4.78 is 26.5. The molecule has 1 amide bonds. The number of pyridine rings is 1. The summed E-state index contributed by atoms with van der Waals surface area (Å²) in [6.07, 6.45) is 1.70. The predicted molar refractivity (Wildman–Crippen MR) is 115 cm³/mol. The summed E-state index contributed by atoms with van der Waals surface area (Å²) in [5.41, 5.74) is 3.35. The highest BCUT2D eigenvalue weighted by Crippen LogP contribution is 2.36. The third-order valence-corrected chi connectivity index (χ3v) is 6.99. The second-order valence-electron chi connectivity index (χ2n) is 6.61. The molecule has 1 aliphatic heterocycles. The molecule has 1 unspecified atom stereocenters. The summed E-state index contributed by atoms with van der Waals surface area (Å²) in [7, 11) is -0.372. The first-order valence-electron chi connectivity index (χ1n) is 8.73. The number of carbonyl (C=O) groups excluding carboxylic acids is 1. The monoisotopic (exact) mass is 427 g/mol. The number of nitrogens with zero attached hydrogens (tertiary/aromatic N) is 3. The lowest BCUT2D eigenvalue weighted by molar-refractivity contribution is -0.123. The molecule has 2 aromatic carbocycles. The summed E-state index contributed by atoms with van der Waals surface area (Å²) in [6.45, 7) is -0.347. The summed E-state index contributed by atoms with van der Waals surface area (Å²) in [5, 5.41) is 11.0. The van der Waals surface area contributed by atoms with Crippen LogP contribution < -0.4 is 9.61 Å². The summed E-state index contributed by atoms with van der Waals surface area (Å²) in [5.74, 6) is -0.787. The van der Waals surface area contributed by atoms with E-state index in [1.165, 1.54) is 13.1 Å². The highest BCUT2D eigenvalue weighted by Gasteiger charge is 2.41. The second kappa shape index (κ2) is 7.13. The molecule has 0 radical (unpaired) electrons. The van der Waals surface area contributed by atoms with E-state index in [4.69, 9.17) is 0 Å². The normalized spacial score (nSPS) is 15.7. The van der Waals surface area contributed by atoms with Crippen LogP contribution in [0.4, 0.5) is 5.69 Å². The standard InChI is InChI=1S/C20H18N3O4PS/c1-22-19(25)12-23(29(22,26)27)20-17(24)9-15(10-18(20)28)14-7-8-16(21-11-14)13-5-3-2-4-6-13/h2-11,24H,12,28H2,1H3. The number of amides is 1. The molecule has 1 aromatic heterocycles. The van der Waals surface area contributed by atoms with Gasteiger partial charge in [0.15, 0.2) is 0 Å². The molecule has 1 saturated heterocycles. The maximum Gasteiger partial charge on any atom is 0.329 e. The lowest BCUT2D eigenvalue weighted by Gasteiger charge is -2.21. The van der Waals surface area contributed by atoms with Crippen molar-refractivity contribution in [2.24, 2.45) is 0 Å². The first-order valence-corrected chi connectivity index (χ1v) is 10.7. The quantitative estimate of drug-likeness (QED) is 0.647. The molecule has 1 aliphatic rings. The van der Waals surface area contributed by atoms with E-state index in [0.29, 0.717) is 15.2 Å². The molecule has 4 rings (SSSR count). The van der Waals surface area contributed by atoms with Crippen molar-refractivity contribution in [3.63, 3.8) is 0 Å². The van der Waals surface area contributed by atoms with E-state index in [9.17, 15) is 18.3 Å². The molecule has 1 fully saturated rings. The third kappa shape index (κ3) is 3.34. The van der Waals surface area contributed by atoms with Crippen molar-refractivity contribution in [1.29, 1.82) is 0 Å². The molecular weight excluding hydrogens is 409 g/mol. The Kier molecular flexibility index (Phi) is 4.76. The van der Waals surface area contributed by atoms with Gasteiger partial charge < -0.3 is 5.11 Å². The molecule has 1 N–H and O–H groups in total. The SMILES string of the molecule is CN1C(=O)CN(c2c(O)cc(-c3ccc(-c4ccccc4)nc3)cc2P)S1(=O)=O. The number of aromatic nitrogens is 1. The Bertz CT molecular complexity index is 1180. The van der Waals surface area contributed by atoms with Crippen molar-refractivity contribution in [3.05, 3.63) is 60.8 Å². The van der Waals surface area contributed by atoms with Gasteiger partial charge in [0.2, 0.25) is 0 Å². The lowest BCUT2D eigenvalue weighted by Crippen LogP contribution is -2.33. The van der Waals surface area contributed by atoms with Gasteiger partial charge in [0.05, 0.1) is 5.69 Å². The van der Waals surface area contributed by atoms with Gasteiger partial charge in [-0.05, 0) is 29.1 Å². The second-order valence-corrected chi connectivity index (χ2v) is 9.11. The molecule has 0 spiro atoms. The minimum absolute atomic E-state index is 0.0744. The summed E-state index contributed by atoms with van der Waals surface area (Å²) in [6, 6.07) is 16.7. The number of hydrogen-bond donors (Lipinski definition) is 1. The van der Waals surface area contributed by atoms with Crippen molar-refractivity contribution in [1.82, 2.24) is 9.29 Å². The van der Waals surface area contributed by atoms with Crippen LogP contribution in [0.3, 0.4) is 0 Å². The molecule has 148 valence electrons. The van der Waals surface area contributed by atoms with Crippen LogP contribution in [-0.4, -0.2) is 42.3 Å². The van der Waals surface area contributed by atoms with Gasteiger partial charge in [-0.15, -0.1) is 9.24 Å². The highest BCUT2D eigenvalue weighted by atomic mass is 32.2. The largest absolute Gasteiger partial charge is 0.506 e. The van der Waals surface area contributed by atoms with E-state index in [0.717, 1.165) is 21.1 Å². The Morgan fingerprint density at radius 3 is 2.31 bits per heavy atom. The number of hydrogen-bond acceptors (Lipinski definition) is 5. The van der Waals surface area contributed by atoms with Crippen molar-refractivity contribution in [2.75, 3.05) is 17.9 Å². The predicted octanol–water partition coefficient (Wildman–Crippen LogP) is 2.14. The summed E-state index contributed by atoms with van der Waals surface area (Å²) >= 11 is 0. The van der Waals surface area contributed by atoms with Crippen molar-refractivity contribution < 1.29 is 18.3 Å². The number of rotatable bonds is 3. The van der Waals surface area contributed by atoms with Crippen LogP contribution in [0.2, 0.25) is 0 Å². The van der Waals surface area contributed by atoms with Gasteiger partial charge in [-0.25, -0.2) is 8.61 Å². The number of likely N-dealkylation sites (N-methyl/N-ethyl adjacent to an activating group) is 1. The maximum absolute atomic E-state index is 12.4. The minimum atomic E-state index is -4.00. The van der Waals surface area contributed by atoms with E-state index in [1.807, 2.05) is 42.5 Å². The van der Waals surface area contributed by atoms with Gasteiger partial charge in [0.25, 0.3) is 5.91 Å². The maximum atomic E-state index is 12.4. The topological polar surface area (TPSA) is 90.8 Å². The van der Waals surface area contributed by atoms with E-state index >= 15 is 0 Å². The average Bonchev–Trinajstić information content (AvgIpc) is 2.91. The van der Waals surface area contributed by atoms with Gasteiger partial charge in [-0.1, -0.05) is 36.4 Å². The fraction of sp³-hybridized carbons (Fsp3) is 0.100. The zero-order valence-corrected chi connectivity index (χ0v) is 17.5. The molecule has 29 heavy (non-hydrogen) atoms. The molecule has 0 aliphatic carbocycles. The Morgan fingerprint density at radius 1 is 1.03 bits per heavy atom. The number of phenolic OH excluding ortho intramolecular Hbond substituents is 1. The Morgan fingerprint density at radius 2 is 1.76 bits per heavy atom. The van der Waals surface area contributed by atoms with Gasteiger partial charge in [-0.3, -0.25) is 9.78 Å². The Hall–Kier alpha value is -2.96. The number of benzene rings is 2.